The quantitative estimate of drug-likeness (QED) is 0.586. The van der Waals surface area contributed by atoms with Gasteiger partial charge in [-0.3, -0.25) is 14.7 Å². The molecule has 2 atom stereocenters. The molecule has 1 aliphatic heterocycles. The van der Waals surface area contributed by atoms with Crippen molar-refractivity contribution in [3.8, 4) is 0 Å². The summed E-state index contributed by atoms with van der Waals surface area (Å²) in [5.41, 5.74) is 1.54. The minimum atomic E-state index is -0.448. The lowest BCUT2D eigenvalue weighted by Gasteiger charge is -2.38. The number of hydrogen-bond donors (Lipinski definition) is 1. The summed E-state index contributed by atoms with van der Waals surface area (Å²) < 4.78 is 0. The van der Waals surface area contributed by atoms with Crippen LogP contribution in [0.1, 0.15) is 63.8 Å². The summed E-state index contributed by atoms with van der Waals surface area (Å²) in [7, 11) is 0. The molecule has 0 aliphatic carbocycles. The fourth-order valence-corrected chi connectivity index (χ4v) is 4.35. The van der Waals surface area contributed by atoms with E-state index in [1.807, 2.05) is 51.1 Å². The second-order valence-corrected chi connectivity index (χ2v) is 9.97. The van der Waals surface area contributed by atoms with Gasteiger partial charge in [-0.1, -0.05) is 62.5 Å². The summed E-state index contributed by atoms with van der Waals surface area (Å²) in [6.07, 6.45) is 6.07. The summed E-state index contributed by atoms with van der Waals surface area (Å²) in [6, 6.07) is 11.8. The number of halogens is 2. The Kier molecular flexibility index (Phi) is 7.78. The molecule has 0 spiro atoms. The number of amides is 1. The lowest BCUT2D eigenvalue weighted by molar-refractivity contribution is -0.129. The van der Waals surface area contributed by atoms with Gasteiger partial charge >= 0.3 is 0 Å². The molecule has 0 radical (unpaired) electrons. The Labute approximate surface area is 190 Å². The second kappa shape index (κ2) is 10.1. The maximum atomic E-state index is 12.8. The van der Waals surface area contributed by atoms with Gasteiger partial charge in [0, 0.05) is 34.2 Å². The maximum absolute atomic E-state index is 12.8. The second-order valence-electron chi connectivity index (χ2n) is 9.12. The Morgan fingerprint density at radius 3 is 2.70 bits per heavy atom. The molecule has 1 N–H and O–H groups in total. The minimum absolute atomic E-state index is 0.0428. The standard InChI is InChI=1S/C24H31Cl2N3O/c1-24(2,3)23(30)28-22(21-9-4-6-12-27-21)15-19-8-5-7-13-29(19)16-17-10-11-18(25)14-20(17)26/h4,6,9-12,14,19,22H,5,7-8,13,15-16H2,1-3H3,(H,28,30)/t19-,22-/m1/s1. The number of hydrogen-bond acceptors (Lipinski definition) is 3. The first kappa shape index (κ1) is 23.1. The molecule has 1 aromatic carbocycles. The smallest absolute Gasteiger partial charge is 0.225 e. The highest BCUT2D eigenvalue weighted by Crippen LogP contribution is 2.30. The molecule has 1 saturated heterocycles. The van der Waals surface area contributed by atoms with Gasteiger partial charge in [0.2, 0.25) is 5.91 Å². The van der Waals surface area contributed by atoms with Crippen LogP contribution in [0.2, 0.25) is 10.0 Å². The van der Waals surface area contributed by atoms with Gasteiger partial charge in [0.15, 0.2) is 0 Å². The van der Waals surface area contributed by atoms with Crippen molar-refractivity contribution in [1.29, 1.82) is 0 Å². The number of carbonyl (C=O) groups is 1. The Morgan fingerprint density at radius 2 is 2.03 bits per heavy atom. The molecular formula is C24H31Cl2N3O. The van der Waals surface area contributed by atoms with E-state index in [4.69, 9.17) is 23.2 Å². The van der Waals surface area contributed by atoms with E-state index in [2.05, 4.69) is 15.2 Å². The monoisotopic (exact) mass is 447 g/mol. The highest BCUT2D eigenvalue weighted by molar-refractivity contribution is 6.35. The molecule has 1 amide bonds. The zero-order chi connectivity index (χ0) is 21.7. The Morgan fingerprint density at radius 1 is 1.23 bits per heavy atom. The van der Waals surface area contributed by atoms with Gasteiger partial charge in [0.25, 0.3) is 0 Å². The van der Waals surface area contributed by atoms with Crippen molar-refractivity contribution in [1.82, 2.24) is 15.2 Å². The van der Waals surface area contributed by atoms with E-state index in [0.717, 1.165) is 37.2 Å². The lowest BCUT2D eigenvalue weighted by Crippen LogP contribution is -2.44. The van der Waals surface area contributed by atoms with E-state index >= 15 is 0 Å². The van der Waals surface area contributed by atoms with Gasteiger partial charge in [0.1, 0.15) is 0 Å². The number of nitrogens with zero attached hydrogens (tertiary/aromatic N) is 2. The van der Waals surface area contributed by atoms with Crippen LogP contribution in [-0.4, -0.2) is 28.4 Å². The van der Waals surface area contributed by atoms with E-state index in [1.165, 1.54) is 12.8 Å². The molecule has 0 saturated carbocycles. The van der Waals surface area contributed by atoms with Crippen LogP contribution in [-0.2, 0) is 11.3 Å². The van der Waals surface area contributed by atoms with Gasteiger partial charge in [-0.15, -0.1) is 0 Å². The predicted molar refractivity (Wildman–Crippen MR) is 124 cm³/mol. The van der Waals surface area contributed by atoms with E-state index in [-0.39, 0.29) is 11.9 Å². The number of benzene rings is 1. The van der Waals surface area contributed by atoms with Gasteiger partial charge < -0.3 is 5.32 Å². The maximum Gasteiger partial charge on any atom is 0.225 e. The van der Waals surface area contributed by atoms with Crippen molar-refractivity contribution in [2.45, 2.75) is 65.1 Å². The summed E-state index contributed by atoms with van der Waals surface area (Å²) in [4.78, 5) is 19.8. The van der Waals surface area contributed by atoms with Crippen molar-refractivity contribution in [2.75, 3.05) is 6.54 Å². The molecule has 1 aliphatic rings. The molecule has 3 rings (SSSR count). The summed E-state index contributed by atoms with van der Waals surface area (Å²) in [6.45, 7) is 7.61. The topological polar surface area (TPSA) is 45.2 Å². The SMILES string of the molecule is CC(C)(C)C(=O)N[C@H](C[C@H]1CCCCN1Cc1ccc(Cl)cc1Cl)c1ccccn1. The Bertz CT molecular complexity index is 851. The largest absolute Gasteiger partial charge is 0.347 e. The van der Waals surface area contributed by atoms with Crippen LogP contribution in [0.15, 0.2) is 42.6 Å². The van der Waals surface area contributed by atoms with Crippen molar-refractivity contribution < 1.29 is 4.79 Å². The van der Waals surface area contributed by atoms with Crippen LogP contribution in [0.4, 0.5) is 0 Å². The summed E-state index contributed by atoms with van der Waals surface area (Å²) >= 11 is 12.5. The van der Waals surface area contributed by atoms with Crippen molar-refractivity contribution in [3.05, 3.63) is 63.9 Å². The van der Waals surface area contributed by atoms with Crippen LogP contribution in [0.25, 0.3) is 0 Å². The molecule has 0 bridgehead atoms. The van der Waals surface area contributed by atoms with Crippen molar-refractivity contribution in [3.63, 3.8) is 0 Å². The van der Waals surface area contributed by atoms with E-state index in [1.54, 1.807) is 12.3 Å². The van der Waals surface area contributed by atoms with Gasteiger partial charge in [0.05, 0.1) is 11.7 Å². The third-order valence-electron chi connectivity index (χ3n) is 5.68. The number of piperidine rings is 1. The normalized spacial score (nSPS) is 18.8. The number of rotatable bonds is 6. The van der Waals surface area contributed by atoms with Gasteiger partial charge in [-0.2, -0.15) is 0 Å². The van der Waals surface area contributed by atoms with Crippen LogP contribution in [0, 0.1) is 5.41 Å². The van der Waals surface area contributed by atoms with Crippen molar-refractivity contribution in [2.24, 2.45) is 5.41 Å². The molecule has 2 aromatic rings. The first-order valence-electron chi connectivity index (χ1n) is 10.6. The van der Waals surface area contributed by atoms with Gasteiger partial charge in [-0.25, -0.2) is 0 Å². The molecule has 4 nitrogen and oxygen atoms in total. The fourth-order valence-electron chi connectivity index (χ4n) is 3.89. The number of pyridine rings is 1. The van der Waals surface area contributed by atoms with Crippen LogP contribution in [0.3, 0.4) is 0 Å². The molecule has 2 heterocycles. The van der Waals surface area contributed by atoms with Gasteiger partial charge in [-0.05, 0) is 55.6 Å². The number of likely N-dealkylation sites (tertiary alicyclic amines) is 1. The van der Waals surface area contributed by atoms with Crippen LogP contribution < -0.4 is 5.32 Å². The number of aromatic nitrogens is 1. The van der Waals surface area contributed by atoms with E-state index in [9.17, 15) is 4.79 Å². The average molecular weight is 448 g/mol. The molecule has 1 fully saturated rings. The molecule has 0 unspecified atom stereocenters. The highest BCUT2D eigenvalue weighted by Gasteiger charge is 2.30. The van der Waals surface area contributed by atoms with Crippen molar-refractivity contribution >= 4 is 29.1 Å². The Hall–Kier alpha value is -1.62. The third kappa shape index (κ3) is 6.19. The zero-order valence-corrected chi connectivity index (χ0v) is 19.5. The molecular weight excluding hydrogens is 417 g/mol. The predicted octanol–water partition coefficient (Wildman–Crippen LogP) is 6.04. The minimum Gasteiger partial charge on any atom is -0.347 e. The third-order valence-corrected chi connectivity index (χ3v) is 6.26. The molecule has 162 valence electrons. The first-order valence-corrected chi connectivity index (χ1v) is 11.4. The summed E-state index contributed by atoms with van der Waals surface area (Å²) in [5.74, 6) is 0.0428. The number of nitrogens with one attached hydrogen (secondary N) is 1. The Balaban J connectivity index is 1.79. The highest BCUT2D eigenvalue weighted by atomic mass is 35.5. The molecule has 30 heavy (non-hydrogen) atoms. The summed E-state index contributed by atoms with van der Waals surface area (Å²) in [5, 5.41) is 4.61. The molecule has 1 aromatic heterocycles. The zero-order valence-electron chi connectivity index (χ0n) is 18.0. The molecule has 6 heteroatoms. The first-order chi connectivity index (χ1) is 14.2. The lowest BCUT2D eigenvalue weighted by atomic mass is 9.91. The van der Waals surface area contributed by atoms with E-state index in [0.29, 0.717) is 16.1 Å². The van der Waals surface area contributed by atoms with E-state index < -0.39 is 5.41 Å². The number of carbonyl (C=O) groups excluding carboxylic acids is 1. The van der Waals surface area contributed by atoms with Crippen LogP contribution in [0.5, 0.6) is 0 Å². The fraction of sp³-hybridized carbons (Fsp3) is 0.500. The average Bonchev–Trinajstić information content (AvgIpc) is 2.70. The van der Waals surface area contributed by atoms with Crippen LogP contribution >= 0.6 is 23.2 Å².